The molecule has 1 unspecified atom stereocenters. The number of halogens is 4. The second-order valence-electron chi connectivity index (χ2n) is 5.17. The number of ether oxygens (including phenoxy) is 1. The van der Waals surface area contributed by atoms with E-state index in [1.807, 2.05) is 0 Å². The summed E-state index contributed by atoms with van der Waals surface area (Å²) in [5, 5.41) is 6.25. The fraction of sp³-hybridized carbons (Fsp3) is 0.400. The lowest BCUT2D eigenvalue weighted by Crippen LogP contribution is -2.28. The largest absolute Gasteiger partial charge is 0.411 e. The first-order chi connectivity index (χ1) is 11.7. The van der Waals surface area contributed by atoms with Crippen molar-refractivity contribution in [2.75, 3.05) is 13.2 Å². The van der Waals surface area contributed by atoms with Gasteiger partial charge in [0.1, 0.15) is 18.5 Å². The number of amides is 1. The molecule has 1 N–H and O–H groups in total. The van der Waals surface area contributed by atoms with Gasteiger partial charge in [-0.2, -0.15) is 18.2 Å². The molecular formula is C15H15F4N3O3. The predicted molar refractivity (Wildman–Crippen MR) is 77.7 cm³/mol. The van der Waals surface area contributed by atoms with E-state index in [1.165, 1.54) is 24.3 Å². The molecule has 1 aromatic carbocycles. The molecule has 0 radical (unpaired) electrons. The van der Waals surface area contributed by atoms with Gasteiger partial charge in [-0.05, 0) is 31.2 Å². The molecular weight excluding hydrogens is 346 g/mol. The van der Waals surface area contributed by atoms with E-state index in [0.717, 1.165) is 0 Å². The zero-order valence-corrected chi connectivity index (χ0v) is 13.1. The first-order valence-electron chi connectivity index (χ1n) is 7.28. The van der Waals surface area contributed by atoms with E-state index < -0.39 is 30.5 Å². The Morgan fingerprint density at radius 3 is 2.64 bits per heavy atom. The lowest BCUT2D eigenvalue weighted by atomic mass is 10.2. The van der Waals surface area contributed by atoms with Crippen LogP contribution in [0, 0.1) is 5.82 Å². The van der Waals surface area contributed by atoms with Gasteiger partial charge < -0.3 is 14.6 Å². The Morgan fingerprint density at radius 1 is 1.32 bits per heavy atom. The molecule has 0 saturated heterocycles. The molecule has 10 heteroatoms. The summed E-state index contributed by atoms with van der Waals surface area (Å²) < 4.78 is 58.0. The minimum absolute atomic E-state index is 0.115. The summed E-state index contributed by atoms with van der Waals surface area (Å²) >= 11 is 0. The molecule has 2 rings (SSSR count). The van der Waals surface area contributed by atoms with Gasteiger partial charge in [-0.3, -0.25) is 4.79 Å². The van der Waals surface area contributed by atoms with Crippen LogP contribution < -0.4 is 5.32 Å². The van der Waals surface area contributed by atoms with E-state index in [4.69, 9.17) is 4.52 Å². The van der Waals surface area contributed by atoms with Crippen LogP contribution in [0.25, 0.3) is 11.4 Å². The molecule has 0 aliphatic rings. The van der Waals surface area contributed by atoms with Crippen LogP contribution in [-0.2, 0) is 9.53 Å². The van der Waals surface area contributed by atoms with Crippen molar-refractivity contribution in [3.63, 3.8) is 0 Å². The molecule has 6 nitrogen and oxygen atoms in total. The van der Waals surface area contributed by atoms with Crippen LogP contribution in [0.3, 0.4) is 0 Å². The second-order valence-corrected chi connectivity index (χ2v) is 5.17. The highest BCUT2D eigenvalue weighted by Gasteiger charge is 2.27. The quantitative estimate of drug-likeness (QED) is 0.606. The van der Waals surface area contributed by atoms with Crippen molar-refractivity contribution < 1.29 is 31.6 Å². The highest BCUT2D eigenvalue weighted by molar-refractivity contribution is 5.76. The van der Waals surface area contributed by atoms with Crippen LogP contribution in [0.5, 0.6) is 0 Å². The normalized spacial score (nSPS) is 12.8. The highest BCUT2D eigenvalue weighted by Crippen LogP contribution is 2.19. The summed E-state index contributed by atoms with van der Waals surface area (Å²) in [5.41, 5.74) is 0.537. The molecule has 1 heterocycles. The molecule has 2 aromatic rings. The lowest BCUT2D eigenvalue weighted by molar-refractivity contribution is -0.174. The monoisotopic (exact) mass is 361 g/mol. The average molecular weight is 361 g/mol. The van der Waals surface area contributed by atoms with Crippen LogP contribution in [-0.4, -0.2) is 35.4 Å². The average Bonchev–Trinajstić information content (AvgIpc) is 3.01. The van der Waals surface area contributed by atoms with Crippen LogP contribution in [0.15, 0.2) is 28.8 Å². The number of hydrogen-bond acceptors (Lipinski definition) is 5. The van der Waals surface area contributed by atoms with E-state index >= 15 is 0 Å². The number of nitrogens with zero attached hydrogens (tertiary/aromatic N) is 2. The molecule has 1 amide bonds. The lowest BCUT2D eigenvalue weighted by Gasteiger charge is -2.10. The molecule has 0 fully saturated rings. The van der Waals surface area contributed by atoms with Gasteiger partial charge in [0, 0.05) is 12.0 Å². The standard InChI is InChI=1S/C15H15F4N3O3/c1-9(20-12(23)6-7-24-8-15(17,18)19)14-21-13(22-25-14)10-2-4-11(16)5-3-10/h2-5,9H,6-8H2,1H3,(H,20,23). The van der Waals surface area contributed by atoms with Gasteiger partial charge in [0.2, 0.25) is 17.6 Å². The third-order valence-electron chi connectivity index (χ3n) is 3.03. The van der Waals surface area contributed by atoms with E-state index in [2.05, 4.69) is 20.2 Å². The third-order valence-corrected chi connectivity index (χ3v) is 3.03. The fourth-order valence-electron chi connectivity index (χ4n) is 1.86. The number of hydrogen-bond donors (Lipinski definition) is 1. The highest BCUT2D eigenvalue weighted by atomic mass is 19.4. The molecule has 1 aromatic heterocycles. The Bertz CT molecular complexity index is 701. The van der Waals surface area contributed by atoms with Crippen molar-refractivity contribution in [3.8, 4) is 11.4 Å². The number of benzene rings is 1. The minimum Gasteiger partial charge on any atom is -0.372 e. The summed E-state index contributed by atoms with van der Waals surface area (Å²) in [6.07, 6.45) is -4.66. The summed E-state index contributed by atoms with van der Waals surface area (Å²) in [7, 11) is 0. The summed E-state index contributed by atoms with van der Waals surface area (Å²) in [5.74, 6) is -0.578. The molecule has 0 bridgehead atoms. The van der Waals surface area contributed by atoms with E-state index in [-0.39, 0.29) is 24.7 Å². The number of carbonyl (C=O) groups is 1. The van der Waals surface area contributed by atoms with Gasteiger partial charge in [0.05, 0.1) is 6.61 Å². The predicted octanol–water partition coefficient (Wildman–Crippen LogP) is 3.02. The summed E-state index contributed by atoms with van der Waals surface area (Å²) in [4.78, 5) is 15.8. The van der Waals surface area contributed by atoms with Gasteiger partial charge in [-0.25, -0.2) is 4.39 Å². The Balaban J connectivity index is 1.83. The van der Waals surface area contributed by atoms with Crippen LogP contribution in [0.4, 0.5) is 17.6 Å². The Hall–Kier alpha value is -2.49. The molecule has 1 atom stereocenters. The van der Waals surface area contributed by atoms with Gasteiger partial charge in [0.25, 0.3) is 0 Å². The first kappa shape index (κ1) is 18.8. The van der Waals surface area contributed by atoms with Crippen molar-refractivity contribution in [1.29, 1.82) is 0 Å². The molecule has 25 heavy (non-hydrogen) atoms. The summed E-state index contributed by atoms with van der Waals surface area (Å²) in [6, 6.07) is 4.81. The van der Waals surface area contributed by atoms with E-state index in [0.29, 0.717) is 5.56 Å². The van der Waals surface area contributed by atoms with Crippen molar-refractivity contribution in [3.05, 3.63) is 36.0 Å². The number of carbonyl (C=O) groups excluding carboxylic acids is 1. The number of nitrogens with one attached hydrogen (secondary N) is 1. The van der Waals surface area contributed by atoms with Crippen molar-refractivity contribution in [1.82, 2.24) is 15.5 Å². The Labute approximate surface area is 140 Å². The Morgan fingerprint density at radius 2 is 2.00 bits per heavy atom. The maximum absolute atomic E-state index is 12.9. The van der Waals surface area contributed by atoms with Crippen molar-refractivity contribution >= 4 is 5.91 Å². The molecule has 136 valence electrons. The van der Waals surface area contributed by atoms with Gasteiger partial charge in [-0.15, -0.1) is 0 Å². The maximum atomic E-state index is 12.9. The zero-order valence-electron chi connectivity index (χ0n) is 13.1. The van der Waals surface area contributed by atoms with Crippen LogP contribution in [0.1, 0.15) is 25.3 Å². The molecule has 0 aliphatic heterocycles. The number of rotatable bonds is 7. The van der Waals surface area contributed by atoms with Gasteiger partial charge in [0.15, 0.2) is 0 Å². The topological polar surface area (TPSA) is 77.2 Å². The Kier molecular flexibility index (Phi) is 6.07. The minimum atomic E-state index is -4.43. The molecule has 0 aliphatic carbocycles. The van der Waals surface area contributed by atoms with E-state index in [1.54, 1.807) is 6.92 Å². The number of aromatic nitrogens is 2. The van der Waals surface area contributed by atoms with Crippen LogP contribution in [0.2, 0.25) is 0 Å². The molecule has 0 spiro atoms. The van der Waals surface area contributed by atoms with E-state index in [9.17, 15) is 22.4 Å². The van der Waals surface area contributed by atoms with Crippen molar-refractivity contribution in [2.45, 2.75) is 25.6 Å². The number of alkyl halides is 3. The zero-order chi connectivity index (χ0) is 18.4. The fourth-order valence-corrected chi connectivity index (χ4v) is 1.86. The second kappa shape index (κ2) is 8.06. The van der Waals surface area contributed by atoms with Crippen LogP contribution >= 0.6 is 0 Å². The smallest absolute Gasteiger partial charge is 0.372 e. The summed E-state index contributed by atoms with van der Waals surface area (Å²) in [6.45, 7) is -0.181. The van der Waals surface area contributed by atoms with Gasteiger partial charge in [-0.1, -0.05) is 5.16 Å². The van der Waals surface area contributed by atoms with Crippen molar-refractivity contribution in [2.24, 2.45) is 0 Å². The first-order valence-corrected chi connectivity index (χ1v) is 7.28. The third kappa shape index (κ3) is 6.14. The SMILES string of the molecule is CC(NC(=O)CCOCC(F)(F)F)c1nc(-c2ccc(F)cc2)no1. The van der Waals surface area contributed by atoms with Gasteiger partial charge >= 0.3 is 6.18 Å². The maximum Gasteiger partial charge on any atom is 0.411 e. The molecule has 0 saturated carbocycles.